The van der Waals surface area contributed by atoms with E-state index in [4.69, 9.17) is 10.5 Å². The van der Waals surface area contributed by atoms with E-state index in [9.17, 15) is 0 Å². The van der Waals surface area contributed by atoms with Gasteiger partial charge in [0.1, 0.15) is 18.2 Å². The third kappa shape index (κ3) is 2.99. The van der Waals surface area contributed by atoms with E-state index in [0.29, 0.717) is 12.4 Å². The van der Waals surface area contributed by atoms with Crippen LogP contribution in [0.25, 0.3) is 11.1 Å². The maximum absolute atomic E-state index is 6.01. The van der Waals surface area contributed by atoms with Gasteiger partial charge in [0.2, 0.25) is 0 Å². The topological polar surface area (TPSA) is 53.1 Å². The van der Waals surface area contributed by atoms with Crippen LogP contribution in [0.3, 0.4) is 0 Å². The number of aryl methyl sites for hydroxylation is 1. The molecule has 0 bridgehead atoms. The van der Waals surface area contributed by atoms with Crippen LogP contribution in [0.4, 0.5) is 5.82 Å². The summed E-state index contributed by atoms with van der Waals surface area (Å²) in [6.45, 7) is 0.536. The number of hydrogen-bond donors (Lipinski definition) is 1. The number of nitrogens with zero attached hydrogens (tertiary/aromatic N) is 2. The van der Waals surface area contributed by atoms with Gasteiger partial charge < -0.3 is 10.5 Å². The normalized spacial score (nSPS) is 10.6. The Morgan fingerprint density at radius 3 is 2.59 bits per heavy atom. The van der Waals surface area contributed by atoms with Gasteiger partial charge in [-0.05, 0) is 39.2 Å². The SMILES string of the molecule is Cn1ncc(-c2ccc(OCc3ccccc3)c(Br)c2)c1N. The van der Waals surface area contributed by atoms with Gasteiger partial charge in [0.15, 0.2) is 0 Å². The predicted molar refractivity (Wildman–Crippen MR) is 91.5 cm³/mol. The summed E-state index contributed by atoms with van der Waals surface area (Å²) in [5.41, 5.74) is 9.06. The molecule has 4 nitrogen and oxygen atoms in total. The highest BCUT2D eigenvalue weighted by atomic mass is 79.9. The minimum absolute atomic E-state index is 0.536. The molecule has 1 aromatic heterocycles. The van der Waals surface area contributed by atoms with Crippen LogP contribution in [-0.2, 0) is 13.7 Å². The summed E-state index contributed by atoms with van der Waals surface area (Å²) in [4.78, 5) is 0. The summed E-state index contributed by atoms with van der Waals surface area (Å²) in [5, 5.41) is 4.17. The van der Waals surface area contributed by atoms with Crippen molar-refractivity contribution in [3.05, 3.63) is 64.8 Å². The van der Waals surface area contributed by atoms with Crippen LogP contribution in [0.15, 0.2) is 59.2 Å². The number of benzene rings is 2. The molecule has 0 spiro atoms. The van der Waals surface area contributed by atoms with Gasteiger partial charge in [0.05, 0.1) is 10.7 Å². The number of aromatic nitrogens is 2. The van der Waals surface area contributed by atoms with E-state index < -0.39 is 0 Å². The maximum Gasteiger partial charge on any atom is 0.134 e. The lowest BCUT2D eigenvalue weighted by atomic mass is 10.1. The molecule has 0 aliphatic rings. The first kappa shape index (κ1) is 14.7. The standard InChI is InChI=1S/C17H16BrN3O/c1-21-17(19)14(10-20-21)13-7-8-16(15(18)9-13)22-11-12-5-3-2-4-6-12/h2-10H,11,19H2,1H3. The molecule has 0 atom stereocenters. The lowest BCUT2D eigenvalue weighted by Crippen LogP contribution is -1.98. The number of nitrogen functional groups attached to an aromatic ring is 1. The molecule has 0 unspecified atom stereocenters. The second kappa shape index (κ2) is 6.23. The number of nitrogens with two attached hydrogens (primary N) is 1. The summed E-state index contributed by atoms with van der Waals surface area (Å²) < 4.78 is 8.40. The fraction of sp³-hybridized carbons (Fsp3) is 0.118. The van der Waals surface area contributed by atoms with Crippen molar-refractivity contribution < 1.29 is 4.74 Å². The van der Waals surface area contributed by atoms with E-state index in [2.05, 4.69) is 21.0 Å². The molecule has 2 N–H and O–H groups in total. The molecule has 2 aromatic carbocycles. The van der Waals surface area contributed by atoms with Crippen molar-refractivity contribution in [3.8, 4) is 16.9 Å². The fourth-order valence-corrected chi connectivity index (χ4v) is 2.68. The number of halogens is 1. The van der Waals surface area contributed by atoms with Crippen molar-refractivity contribution >= 4 is 21.7 Å². The van der Waals surface area contributed by atoms with Crippen LogP contribution in [0.5, 0.6) is 5.75 Å². The Morgan fingerprint density at radius 2 is 1.95 bits per heavy atom. The molecule has 0 fully saturated rings. The third-order valence-electron chi connectivity index (χ3n) is 3.46. The highest BCUT2D eigenvalue weighted by Gasteiger charge is 2.10. The Kier molecular flexibility index (Phi) is 4.15. The van der Waals surface area contributed by atoms with Gasteiger partial charge in [-0.3, -0.25) is 4.68 Å². The van der Waals surface area contributed by atoms with Gasteiger partial charge in [-0.1, -0.05) is 36.4 Å². The van der Waals surface area contributed by atoms with E-state index in [-0.39, 0.29) is 0 Å². The minimum atomic E-state index is 0.536. The number of ether oxygens (including phenoxy) is 1. The van der Waals surface area contributed by atoms with E-state index in [0.717, 1.165) is 26.9 Å². The second-order valence-electron chi connectivity index (χ2n) is 4.99. The van der Waals surface area contributed by atoms with Gasteiger partial charge in [-0.25, -0.2) is 0 Å². The summed E-state index contributed by atoms with van der Waals surface area (Å²) in [6.07, 6.45) is 1.77. The first-order chi connectivity index (χ1) is 10.6. The van der Waals surface area contributed by atoms with Crippen molar-refractivity contribution in [2.24, 2.45) is 7.05 Å². The van der Waals surface area contributed by atoms with Crippen molar-refractivity contribution in [2.45, 2.75) is 6.61 Å². The highest BCUT2D eigenvalue weighted by molar-refractivity contribution is 9.10. The Hall–Kier alpha value is -2.27. The summed E-state index contributed by atoms with van der Waals surface area (Å²) in [6, 6.07) is 16.0. The van der Waals surface area contributed by atoms with Crippen LogP contribution < -0.4 is 10.5 Å². The molecule has 22 heavy (non-hydrogen) atoms. The van der Waals surface area contributed by atoms with Crippen molar-refractivity contribution in [1.82, 2.24) is 9.78 Å². The molecule has 0 saturated heterocycles. The zero-order valence-corrected chi connectivity index (χ0v) is 13.7. The molecule has 0 radical (unpaired) electrons. The van der Waals surface area contributed by atoms with Gasteiger partial charge in [-0.15, -0.1) is 0 Å². The predicted octanol–water partition coefficient (Wildman–Crippen LogP) is 4.01. The quantitative estimate of drug-likeness (QED) is 0.767. The lowest BCUT2D eigenvalue weighted by Gasteiger charge is -2.10. The zero-order chi connectivity index (χ0) is 15.5. The van der Waals surface area contributed by atoms with Gasteiger partial charge in [0, 0.05) is 12.6 Å². The Labute approximate surface area is 137 Å². The minimum Gasteiger partial charge on any atom is -0.488 e. The summed E-state index contributed by atoms with van der Waals surface area (Å²) >= 11 is 3.56. The van der Waals surface area contributed by atoms with Crippen LogP contribution >= 0.6 is 15.9 Å². The Morgan fingerprint density at radius 1 is 1.18 bits per heavy atom. The van der Waals surface area contributed by atoms with Gasteiger partial charge in [0.25, 0.3) is 0 Å². The van der Waals surface area contributed by atoms with Crippen LogP contribution in [0.2, 0.25) is 0 Å². The van der Waals surface area contributed by atoms with Crippen LogP contribution in [0.1, 0.15) is 5.56 Å². The Bertz CT molecular complexity index is 784. The summed E-state index contributed by atoms with van der Waals surface area (Å²) in [5.74, 6) is 1.44. The highest BCUT2D eigenvalue weighted by Crippen LogP contribution is 2.33. The molecule has 3 rings (SSSR count). The van der Waals surface area contributed by atoms with Crippen molar-refractivity contribution in [1.29, 1.82) is 0 Å². The first-order valence-corrected chi connectivity index (χ1v) is 7.68. The van der Waals surface area contributed by atoms with Crippen LogP contribution in [-0.4, -0.2) is 9.78 Å². The molecule has 5 heteroatoms. The molecule has 0 aliphatic carbocycles. The molecule has 0 amide bonds. The Balaban J connectivity index is 1.79. The van der Waals surface area contributed by atoms with E-state index >= 15 is 0 Å². The number of hydrogen-bond acceptors (Lipinski definition) is 3. The number of rotatable bonds is 4. The molecule has 1 heterocycles. The second-order valence-corrected chi connectivity index (χ2v) is 5.84. The molecule has 0 saturated carbocycles. The molecular weight excluding hydrogens is 342 g/mol. The van der Waals surface area contributed by atoms with Crippen molar-refractivity contribution in [2.75, 3.05) is 5.73 Å². The first-order valence-electron chi connectivity index (χ1n) is 6.89. The summed E-state index contributed by atoms with van der Waals surface area (Å²) in [7, 11) is 1.82. The van der Waals surface area contributed by atoms with Gasteiger partial charge in [-0.2, -0.15) is 5.10 Å². The average molecular weight is 358 g/mol. The monoisotopic (exact) mass is 357 g/mol. The van der Waals surface area contributed by atoms with E-state index in [1.165, 1.54) is 0 Å². The largest absolute Gasteiger partial charge is 0.488 e. The van der Waals surface area contributed by atoms with E-state index in [1.807, 2.05) is 55.6 Å². The molecule has 112 valence electrons. The van der Waals surface area contributed by atoms with E-state index in [1.54, 1.807) is 10.9 Å². The van der Waals surface area contributed by atoms with Gasteiger partial charge >= 0.3 is 0 Å². The number of anilines is 1. The molecule has 0 aliphatic heterocycles. The maximum atomic E-state index is 6.01. The fourth-order valence-electron chi connectivity index (χ4n) is 2.19. The van der Waals surface area contributed by atoms with Crippen LogP contribution in [0, 0.1) is 0 Å². The smallest absolute Gasteiger partial charge is 0.134 e. The third-order valence-corrected chi connectivity index (χ3v) is 4.08. The molecular formula is C17H16BrN3O. The average Bonchev–Trinajstić information content (AvgIpc) is 2.87. The molecule has 3 aromatic rings. The van der Waals surface area contributed by atoms with Crippen molar-refractivity contribution in [3.63, 3.8) is 0 Å². The zero-order valence-electron chi connectivity index (χ0n) is 12.2. The lowest BCUT2D eigenvalue weighted by molar-refractivity contribution is 0.304.